The number of carbonyl (C=O) groups excluding carboxylic acids is 1. The summed E-state index contributed by atoms with van der Waals surface area (Å²) in [6.07, 6.45) is 1.30. The van der Waals surface area contributed by atoms with Crippen LogP contribution in [0.25, 0.3) is 11.1 Å². The second-order valence-electron chi connectivity index (χ2n) is 6.68. The van der Waals surface area contributed by atoms with Crippen LogP contribution < -0.4 is 9.46 Å². The highest BCUT2D eigenvalue weighted by atomic mass is 79.9. The Morgan fingerprint density at radius 3 is 2.62 bits per heavy atom. The molecule has 0 saturated carbocycles. The molecule has 0 atom stereocenters. The average molecular weight is 527 g/mol. The fourth-order valence-electron chi connectivity index (χ4n) is 3.10. The average Bonchev–Trinajstić information content (AvgIpc) is 2.75. The zero-order valence-corrected chi connectivity index (χ0v) is 18.6. The molecule has 4 bridgehead atoms. The number of anilines is 1. The Labute approximate surface area is 189 Å². The maximum atomic E-state index is 14.7. The standard InChI is InChI=1S/C20H13BrF2N2O6S/c1-30-18-5-11-10(7-24-18)8-31-20(27)9-2-13(21)19(26)17(3-9)32(28,29)25-16-4-12(11)14(22)6-15(16)23/h2-7,25-26H,8H2,1H3. The van der Waals surface area contributed by atoms with E-state index in [1.54, 1.807) is 0 Å². The summed E-state index contributed by atoms with van der Waals surface area (Å²) < 4.78 is 67.2. The predicted octanol–water partition coefficient (Wildman–Crippen LogP) is 3.97. The quantitative estimate of drug-likeness (QED) is 0.461. The van der Waals surface area contributed by atoms with Gasteiger partial charge in [0.05, 0.1) is 22.8 Å². The number of pyridine rings is 1. The van der Waals surface area contributed by atoms with E-state index >= 15 is 0 Å². The maximum absolute atomic E-state index is 14.7. The van der Waals surface area contributed by atoms with Gasteiger partial charge >= 0.3 is 5.97 Å². The molecule has 4 rings (SSSR count). The number of nitrogens with one attached hydrogen (secondary N) is 1. The number of aromatic nitrogens is 1. The van der Waals surface area contributed by atoms with Gasteiger partial charge in [-0.15, -0.1) is 0 Å². The second kappa shape index (κ2) is 8.02. The number of benzene rings is 2. The van der Waals surface area contributed by atoms with E-state index in [0.717, 1.165) is 12.1 Å². The van der Waals surface area contributed by atoms with Gasteiger partial charge in [-0.25, -0.2) is 27.0 Å². The summed E-state index contributed by atoms with van der Waals surface area (Å²) in [5.74, 6) is -3.70. The van der Waals surface area contributed by atoms with Gasteiger partial charge in [-0.2, -0.15) is 0 Å². The highest BCUT2D eigenvalue weighted by Gasteiger charge is 2.27. The Morgan fingerprint density at radius 2 is 1.91 bits per heavy atom. The SMILES string of the molecule is COc1cc2c(cn1)COC(=O)c1cc(Br)c(O)c(c1)S(=O)(=O)Nc1cc-2c(F)cc1F. The number of ether oxygens (including phenoxy) is 2. The van der Waals surface area contributed by atoms with Crippen LogP contribution >= 0.6 is 15.9 Å². The summed E-state index contributed by atoms with van der Waals surface area (Å²) in [6, 6.07) is 4.87. The number of halogens is 3. The van der Waals surface area contributed by atoms with Crippen LogP contribution in [0.15, 0.2) is 45.9 Å². The molecule has 2 N–H and O–H groups in total. The van der Waals surface area contributed by atoms with Gasteiger partial charge in [-0.3, -0.25) is 4.72 Å². The van der Waals surface area contributed by atoms with E-state index in [4.69, 9.17) is 9.47 Å². The van der Waals surface area contributed by atoms with E-state index in [2.05, 4.69) is 20.9 Å². The number of fused-ring (bicyclic) bond motifs is 6. The van der Waals surface area contributed by atoms with E-state index in [9.17, 15) is 27.1 Å². The molecule has 8 nitrogen and oxygen atoms in total. The number of hydrogen-bond acceptors (Lipinski definition) is 7. The summed E-state index contributed by atoms with van der Waals surface area (Å²) in [4.78, 5) is 15.9. The molecule has 0 saturated heterocycles. The minimum Gasteiger partial charge on any atom is -0.505 e. The van der Waals surface area contributed by atoms with Crippen LogP contribution in [0.4, 0.5) is 14.5 Å². The van der Waals surface area contributed by atoms with Gasteiger partial charge in [0, 0.05) is 29.5 Å². The Kier molecular flexibility index (Phi) is 5.51. The fraction of sp³-hybridized carbons (Fsp3) is 0.100. The first-order chi connectivity index (χ1) is 15.1. The van der Waals surface area contributed by atoms with Crippen LogP contribution in [0.1, 0.15) is 15.9 Å². The molecule has 32 heavy (non-hydrogen) atoms. The molecular weight excluding hydrogens is 514 g/mol. The topological polar surface area (TPSA) is 115 Å². The van der Waals surface area contributed by atoms with Crippen LogP contribution in [0, 0.1) is 11.6 Å². The van der Waals surface area contributed by atoms with E-state index in [1.807, 2.05) is 4.72 Å². The number of esters is 1. The molecule has 166 valence electrons. The summed E-state index contributed by atoms with van der Waals surface area (Å²) >= 11 is 2.99. The molecule has 2 heterocycles. The molecule has 0 spiro atoms. The third-order valence-electron chi connectivity index (χ3n) is 4.67. The lowest BCUT2D eigenvalue weighted by Crippen LogP contribution is -2.15. The molecule has 1 aliphatic heterocycles. The zero-order chi connectivity index (χ0) is 23.2. The Balaban J connectivity index is 2.02. The molecule has 0 amide bonds. The third-order valence-corrected chi connectivity index (χ3v) is 6.66. The summed E-state index contributed by atoms with van der Waals surface area (Å²) in [5.41, 5.74) is -0.549. The van der Waals surface area contributed by atoms with Gasteiger partial charge in [0.2, 0.25) is 5.88 Å². The smallest absolute Gasteiger partial charge is 0.338 e. The van der Waals surface area contributed by atoms with Gasteiger partial charge < -0.3 is 14.6 Å². The lowest BCUT2D eigenvalue weighted by Gasteiger charge is -2.14. The highest BCUT2D eigenvalue weighted by molar-refractivity contribution is 9.10. The first-order valence-corrected chi connectivity index (χ1v) is 11.1. The second-order valence-corrected chi connectivity index (χ2v) is 9.19. The number of carbonyl (C=O) groups is 1. The van der Waals surface area contributed by atoms with Gasteiger partial charge in [-0.05, 0) is 39.7 Å². The fourth-order valence-corrected chi connectivity index (χ4v) is 4.89. The van der Waals surface area contributed by atoms with Crippen molar-refractivity contribution in [1.82, 2.24) is 4.98 Å². The first kappa shape index (κ1) is 22.0. The number of hydrogen-bond donors (Lipinski definition) is 2. The lowest BCUT2D eigenvalue weighted by atomic mass is 10.0. The van der Waals surface area contributed by atoms with Crippen LogP contribution in [0.2, 0.25) is 0 Å². The summed E-state index contributed by atoms with van der Waals surface area (Å²) in [6.45, 7) is -0.356. The molecule has 0 unspecified atom stereocenters. The Morgan fingerprint density at radius 1 is 1.16 bits per heavy atom. The van der Waals surface area contributed by atoms with Crippen molar-refractivity contribution < 1.29 is 36.6 Å². The number of rotatable bonds is 1. The van der Waals surface area contributed by atoms with E-state index in [-0.39, 0.29) is 39.2 Å². The molecule has 1 aromatic heterocycles. The predicted molar refractivity (Wildman–Crippen MR) is 112 cm³/mol. The number of cyclic esters (lactones) is 1. The largest absolute Gasteiger partial charge is 0.505 e. The van der Waals surface area contributed by atoms with Crippen LogP contribution in [-0.2, 0) is 21.4 Å². The van der Waals surface area contributed by atoms with Crippen molar-refractivity contribution in [2.24, 2.45) is 0 Å². The number of methoxy groups -OCH3 is 1. The van der Waals surface area contributed by atoms with Crippen LogP contribution in [0.3, 0.4) is 0 Å². The number of nitrogens with zero attached hydrogens (tertiary/aromatic N) is 1. The minimum atomic E-state index is -4.60. The van der Waals surface area contributed by atoms with E-state index < -0.39 is 44.0 Å². The Bertz CT molecular complexity index is 1380. The molecular formula is C20H13BrF2N2O6S. The maximum Gasteiger partial charge on any atom is 0.338 e. The van der Waals surface area contributed by atoms with Crippen molar-refractivity contribution in [2.45, 2.75) is 11.5 Å². The molecule has 1 aliphatic rings. The van der Waals surface area contributed by atoms with Crippen molar-refractivity contribution in [1.29, 1.82) is 0 Å². The van der Waals surface area contributed by atoms with Gasteiger partial charge in [0.15, 0.2) is 0 Å². The summed E-state index contributed by atoms with van der Waals surface area (Å²) in [7, 11) is -3.26. The van der Waals surface area contributed by atoms with Crippen molar-refractivity contribution in [3.05, 3.63) is 63.8 Å². The number of phenols is 1. The molecule has 2 aromatic carbocycles. The van der Waals surface area contributed by atoms with E-state index in [1.165, 1.54) is 25.4 Å². The van der Waals surface area contributed by atoms with Gasteiger partial charge in [-0.1, -0.05) is 0 Å². The van der Waals surface area contributed by atoms with Crippen molar-refractivity contribution in [3.63, 3.8) is 0 Å². The summed E-state index contributed by atoms with van der Waals surface area (Å²) in [5, 5.41) is 10.2. The molecule has 0 aliphatic carbocycles. The van der Waals surface area contributed by atoms with Gasteiger partial charge in [0.25, 0.3) is 10.0 Å². The monoisotopic (exact) mass is 526 g/mol. The first-order valence-electron chi connectivity index (χ1n) is 8.85. The minimum absolute atomic E-state index is 0.103. The zero-order valence-electron chi connectivity index (χ0n) is 16.1. The molecule has 0 fully saturated rings. The normalized spacial score (nSPS) is 14.7. The van der Waals surface area contributed by atoms with Crippen molar-refractivity contribution in [3.8, 4) is 22.8 Å². The van der Waals surface area contributed by atoms with Crippen LogP contribution in [0.5, 0.6) is 11.6 Å². The van der Waals surface area contributed by atoms with Crippen molar-refractivity contribution in [2.75, 3.05) is 11.8 Å². The number of sulfonamides is 1. The Hall–Kier alpha value is -3.25. The molecule has 12 heteroatoms. The number of phenolic OH excluding ortho intramolecular Hbond substituents is 1. The van der Waals surface area contributed by atoms with E-state index in [0.29, 0.717) is 6.07 Å². The van der Waals surface area contributed by atoms with Crippen LogP contribution in [-0.4, -0.2) is 31.6 Å². The van der Waals surface area contributed by atoms with Crippen molar-refractivity contribution >= 4 is 37.6 Å². The molecule has 0 radical (unpaired) electrons. The third kappa shape index (κ3) is 3.86. The highest BCUT2D eigenvalue weighted by Crippen LogP contribution is 2.37. The van der Waals surface area contributed by atoms with Gasteiger partial charge in [0.1, 0.15) is 28.9 Å². The molecule has 3 aromatic rings. The number of aromatic hydroxyl groups is 1. The lowest BCUT2D eigenvalue weighted by molar-refractivity contribution is 0.0472.